The molecule has 0 amide bonds. The van der Waals surface area contributed by atoms with Crippen LogP contribution in [-0.4, -0.2) is 32.0 Å². The van der Waals surface area contributed by atoms with Gasteiger partial charge >= 0.3 is 0 Å². The Labute approximate surface area is 129 Å². The van der Waals surface area contributed by atoms with Crippen LogP contribution in [0.25, 0.3) is 10.4 Å². The molecule has 2 heterocycles. The SMILES string of the molecule is CNCc1nc(C2CCS(=O)(=O)C2)sc1-c1ccccc1. The molecule has 0 aliphatic carbocycles. The van der Waals surface area contributed by atoms with Crippen LogP contribution in [0.2, 0.25) is 0 Å². The van der Waals surface area contributed by atoms with E-state index < -0.39 is 9.84 Å². The summed E-state index contributed by atoms with van der Waals surface area (Å²) in [5.41, 5.74) is 2.15. The van der Waals surface area contributed by atoms with Crippen LogP contribution in [0.3, 0.4) is 0 Å². The van der Waals surface area contributed by atoms with Gasteiger partial charge in [0.15, 0.2) is 9.84 Å². The number of hydrogen-bond donors (Lipinski definition) is 1. The monoisotopic (exact) mass is 322 g/mol. The summed E-state index contributed by atoms with van der Waals surface area (Å²) in [4.78, 5) is 5.86. The van der Waals surface area contributed by atoms with E-state index in [1.807, 2.05) is 25.2 Å². The third kappa shape index (κ3) is 3.17. The van der Waals surface area contributed by atoms with Gasteiger partial charge in [0.1, 0.15) is 0 Å². The lowest BCUT2D eigenvalue weighted by atomic mass is 10.1. The molecular weight excluding hydrogens is 304 g/mol. The lowest BCUT2D eigenvalue weighted by Crippen LogP contribution is -2.07. The quantitative estimate of drug-likeness (QED) is 0.939. The van der Waals surface area contributed by atoms with Gasteiger partial charge < -0.3 is 5.32 Å². The molecule has 1 unspecified atom stereocenters. The van der Waals surface area contributed by atoms with Gasteiger partial charge in [-0.1, -0.05) is 30.3 Å². The number of thiazole rings is 1. The number of hydrogen-bond acceptors (Lipinski definition) is 5. The van der Waals surface area contributed by atoms with E-state index in [0.29, 0.717) is 18.7 Å². The van der Waals surface area contributed by atoms with Crippen molar-refractivity contribution in [1.82, 2.24) is 10.3 Å². The van der Waals surface area contributed by atoms with Crippen molar-refractivity contribution in [3.8, 4) is 10.4 Å². The van der Waals surface area contributed by atoms with E-state index in [4.69, 9.17) is 4.98 Å². The van der Waals surface area contributed by atoms with Gasteiger partial charge in [0.2, 0.25) is 0 Å². The predicted molar refractivity (Wildman–Crippen MR) is 86.3 cm³/mol. The fourth-order valence-corrected chi connectivity index (χ4v) is 5.71. The molecule has 0 saturated carbocycles. The highest BCUT2D eigenvalue weighted by Crippen LogP contribution is 2.37. The third-order valence-electron chi connectivity index (χ3n) is 3.68. The highest BCUT2D eigenvalue weighted by atomic mass is 32.2. The van der Waals surface area contributed by atoms with Crippen LogP contribution in [-0.2, 0) is 16.4 Å². The first-order valence-corrected chi connectivity index (χ1v) is 9.63. The summed E-state index contributed by atoms with van der Waals surface area (Å²) < 4.78 is 23.3. The van der Waals surface area contributed by atoms with Crippen molar-refractivity contribution in [3.63, 3.8) is 0 Å². The summed E-state index contributed by atoms with van der Waals surface area (Å²) in [6.07, 6.45) is 0.697. The summed E-state index contributed by atoms with van der Waals surface area (Å²) >= 11 is 1.63. The van der Waals surface area contributed by atoms with Gasteiger partial charge in [-0.3, -0.25) is 0 Å². The number of rotatable bonds is 4. The van der Waals surface area contributed by atoms with Crippen molar-refractivity contribution >= 4 is 21.2 Å². The maximum Gasteiger partial charge on any atom is 0.151 e. The van der Waals surface area contributed by atoms with Crippen molar-refractivity contribution in [1.29, 1.82) is 0 Å². The number of nitrogens with one attached hydrogen (secondary N) is 1. The van der Waals surface area contributed by atoms with Crippen LogP contribution in [0, 0.1) is 0 Å². The van der Waals surface area contributed by atoms with Crippen LogP contribution in [0.1, 0.15) is 23.0 Å². The predicted octanol–water partition coefficient (Wildman–Crippen LogP) is 2.43. The molecule has 0 bridgehead atoms. The van der Waals surface area contributed by atoms with Gasteiger partial charge in [0.05, 0.1) is 27.1 Å². The average molecular weight is 322 g/mol. The smallest absolute Gasteiger partial charge is 0.151 e. The molecular formula is C15H18N2O2S2. The van der Waals surface area contributed by atoms with Gasteiger partial charge in [0.25, 0.3) is 0 Å². The molecule has 1 aliphatic rings. The fraction of sp³-hybridized carbons (Fsp3) is 0.400. The topological polar surface area (TPSA) is 59.1 Å². The van der Waals surface area contributed by atoms with Crippen molar-refractivity contribution < 1.29 is 8.42 Å². The fourth-order valence-electron chi connectivity index (χ4n) is 2.64. The first-order valence-electron chi connectivity index (χ1n) is 6.99. The number of sulfone groups is 1. The molecule has 21 heavy (non-hydrogen) atoms. The zero-order valence-corrected chi connectivity index (χ0v) is 13.5. The normalized spacial score (nSPS) is 20.7. The maximum absolute atomic E-state index is 11.7. The Balaban J connectivity index is 1.97. The number of benzene rings is 1. The molecule has 1 saturated heterocycles. The Morgan fingerprint density at radius 3 is 2.71 bits per heavy atom. The Bertz CT molecular complexity index is 723. The molecule has 1 fully saturated rings. The molecule has 4 nitrogen and oxygen atoms in total. The van der Waals surface area contributed by atoms with E-state index in [1.54, 1.807) is 11.3 Å². The van der Waals surface area contributed by atoms with Gasteiger partial charge in [-0.2, -0.15) is 0 Å². The summed E-state index contributed by atoms with van der Waals surface area (Å²) in [5.74, 6) is 0.598. The van der Waals surface area contributed by atoms with Crippen LogP contribution in [0.15, 0.2) is 30.3 Å². The molecule has 6 heteroatoms. The van der Waals surface area contributed by atoms with Crippen molar-refractivity contribution in [2.45, 2.75) is 18.9 Å². The third-order valence-corrected chi connectivity index (χ3v) is 6.75. The second-order valence-electron chi connectivity index (χ2n) is 5.32. The minimum Gasteiger partial charge on any atom is -0.314 e. The standard InChI is InChI=1S/C15H18N2O2S2/c1-16-9-13-14(11-5-3-2-4-6-11)20-15(17-13)12-7-8-21(18,19)10-12/h2-6,12,16H,7-10H2,1H3. The van der Waals surface area contributed by atoms with E-state index in [-0.39, 0.29) is 11.7 Å². The molecule has 2 aromatic rings. The first-order chi connectivity index (χ1) is 10.1. The van der Waals surface area contributed by atoms with E-state index in [2.05, 4.69) is 17.4 Å². The average Bonchev–Trinajstić information content (AvgIpc) is 3.04. The Morgan fingerprint density at radius 2 is 2.10 bits per heavy atom. The molecule has 112 valence electrons. The largest absolute Gasteiger partial charge is 0.314 e. The van der Waals surface area contributed by atoms with E-state index in [9.17, 15) is 8.42 Å². The van der Waals surface area contributed by atoms with E-state index in [0.717, 1.165) is 21.1 Å². The first kappa shape index (κ1) is 14.7. The Hall–Kier alpha value is -1.24. The summed E-state index contributed by atoms with van der Waals surface area (Å²) in [7, 11) is -0.976. The minimum absolute atomic E-state index is 0.0630. The molecule has 1 aromatic heterocycles. The molecule has 0 radical (unpaired) electrons. The highest BCUT2D eigenvalue weighted by Gasteiger charge is 2.31. The van der Waals surface area contributed by atoms with Gasteiger partial charge in [0, 0.05) is 12.5 Å². The van der Waals surface area contributed by atoms with Gasteiger partial charge in [-0.25, -0.2) is 13.4 Å². The molecule has 1 aliphatic heterocycles. The minimum atomic E-state index is -2.87. The highest BCUT2D eigenvalue weighted by molar-refractivity contribution is 7.91. The van der Waals surface area contributed by atoms with Crippen molar-refractivity contribution in [3.05, 3.63) is 41.0 Å². The second kappa shape index (κ2) is 5.87. The zero-order valence-electron chi connectivity index (χ0n) is 11.9. The van der Waals surface area contributed by atoms with Gasteiger partial charge in [-0.05, 0) is 19.0 Å². The van der Waals surface area contributed by atoms with Crippen molar-refractivity contribution in [2.75, 3.05) is 18.6 Å². The lowest BCUT2D eigenvalue weighted by Gasteiger charge is -2.01. The van der Waals surface area contributed by atoms with E-state index >= 15 is 0 Å². The zero-order chi connectivity index (χ0) is 14.9. The van der Waals surface area contributed by atoms with E-state index in [1.165, 1.54) is 0 Å². The molecule has 1 atom stereocenters. The summed E-state index contributed by atoms with van der Waals surface area (Å²) in [5, 5.41) is 4.10. The summed E-state index contributed by atoms with van der Waals surface area (Å²) in [6, 6.07) is 10.2. The van der Waals surface area contributed by atoms with Gasteiger partial charge in [-0.15, -0.1) is 11.3 Å². The number of aromatic nitrogens is 1. The second-order valence-corrected chi connectivity index (χ2v) is 8.58. The van der Waals surface area contributed by atoms with Crippen LogP contribution < -0.4 is 5.32 Å². The van der Waals surface area contributed by atoms with Crippen LogP contribution in [0.4, 0.5) is 0 Å². The van der Waals surface area contributed by atoms with Crippen LogP contribution >= 0.6 is 11.3 Å². The molecule has 1 aromatic carbocycles. The lowest BCUT2D eigenvalue weighted by molar-refractivity contribution is 0.601. The van der Waals surface area contributed by atoms with Crippen LogP contribution in [0.5, 0.6) is 0 Å². The molecule has 0 spiro atoms. The Kier molecular flexibility index (Phi) is 4.10. The number of nitrogens with zero attached hydrogens (tertiary/aromatic N) is 1. The molecule has 3 rings (SSSR count). The Morgan fingerprint density at radius 1 is 1.33 bits per heavy atom. The molecule has 1 N–H and O–H groups in total. The summed E-state index contributed by atoms with van der Waals surface area (Å²) in [6.45, 7) is 0.695. The van der Waals surface area contributed by atoms with Crippen molar-refractivity contribution in [2.24, 2.45) is 0 Å². The maximum atomic E-state index is 11.7.